The molecule has 0 nitrogen and oxygen atoms in total. The van der Waals surface area contributed by atoms with Gasteiger partial charge in [0.25, 0.3) is 0 Å². The van der Waals surface area contributed by atoms with Gasteiger partial charge in [-0.2, -0.15) is 0 Å². The molecule has 0 unspecified atom stereocenters. The van der Waals surface area contributed by atoms with Crippen LogP contribution in [-0.4, -0.2) is 0 Å². The second kappa shape index (κ2) is 6.86. The van der Waals surface area contributed by atoms with Crippen LogP contribution < -0.4 is 0 Å². The van der Waals surface area contributed by atoms with Gasteiger partial charge in [-0.1, -0.05) is 121 Å². The van der Waals surface area contributed by atoms with Crippen LogP contribution in [0.2, 0.25) is 0 Å². The maximum absolute atomic E-state index is 2.30. The molecular formula is C30H20. The predicted octanol–water partition coefficient (Wildman–Crippen LogP) is 8.48. The van der Waals surface area contributed by atoms with Gasteiger partial charge in [-0.3, -0.25) is 0 Å². The molecule has 0 heterocycles. The monoisotopic (exact) mass is 380 g/mol. The van der Waals surface area contributed by atoms with Crippen LogP contribution in [0.1, 0.15) is 0 Å². The molecule has 0 aliphatic heterocycles. The number of hydrogen-bond acceptors (Lipinski definition) is 0. The number of hydrogen-bond donors (Lipinski definition) is 0. The van der Waals surface area contributed by atoms with Crippen LogP contribution in [0, 0.1) is 0 Å². The highest BCUT2D eigenvalue weighted by atomic mass is 14.2. The molecule has 0 atom stereocenters. The third kappa shape index (κ3) is 2.54. The Labute approximate surface area is 176 Å². The van der Waals surface area contributed by atoms with Gasteiger partial charge in [-0.25, -0.2) is 0 Å². The van der Waals surface area contributed by atoms with Gasteiger partial charge in [0, 0.05) is 0 Å². The molecule has 0 saturated heterocycles. The van der Waals surface area contributed by atoms with Crippen LogP contribution in [0.25, 0.3) is 54.6 Å². The van der Waals surface area contributed by atoms with Crippen molar-refractivity contribution in [2.24, 2.45) is 0 Å². The van der Waals surface area contributed by atoms with E-state index < -0.39 is 0 Å². The summed E-state index contributed by atoms with van der Waals surface area (Å²) in [7, 11) is 0. The maximum Gasteiger partial charge on any atom is -0.00201 e. The molecule has 30 heavy (non-hydrogen) atoms. The summed E-state index contributed by atoms with van der Waals surface area (Å²) >= 11 is 0. The van der Waals surface area contributed by atoms with Crippen molar-refractivity contribution in [2.45, 2.75) is 0 Å². The standard InChI is InChI=1S/C30H20/c1-3-12-22(13-4-1)28-25-17-9-10-18-26(25)30-24-16-8-7-11-21(24)19-20-27(30)29(28)23-14-5-2-6-15-23/h1-20H. The predicted molar refractivity (Wildman–Crippen MR) is 130 cm³/mol. The summed E-state index contributed by atoms with van der Waals surface area (Å²) in [6.45, 7) is 0. The first kappa shape index (κ1) is 17.0. The lowest BCUT2D eigenvalue weighted by Crippen LogP contribution is -1.92. The average Bonchev–Trinajstić information content (AvgIpc) is 2.84. The van der Waals surface area contributed by atoms with Crippen LogP contribution in [0.3, 0.4) is 0 Å². The molecule has 0 aromatic heterocycles. The van der Waals surface area contributed by atoms with E-state index in [4.69, 9.17) is 0 Å². The van der Waals surface area contributed by atoms with Crippen molar-refractivity contribution in [3.8, 4) is 22.3 Å². The van der Waals surface area contributed by atoms with Crippen molar-refractivity contribution in [3.63, 3.8) is 0 Å². The first-order valence-electron chi connectivity index (χ1n) is 10.4. The van der Waals surface area contributed by atoms with Crippen molar-refractivity contribution in [1.82, 2.24) is 0 Å². The fraction of sp³-hybridized carbons (Fsp3) is 0. The summed E-state index contributed by atoms with van der Waals surface area (Å²) in [6.07, 6.45) is 0. The quantitative estimate of drug-likeness (QED) is 0.264. The molecule has 0 aliphatic carbocycles. The summed E-state index contributed by atoms with van der Waals surface area (Å²) in [5.41, 5.74) is 5.12. The Morgan fingerprint density at radius 1 is 0.300 bits per heavy atom. The molecule has 0 aliphatic rings. The van der Waals surface area contributed by atoms with Gasteiger partial charge in [0.15, 0.2) is 0 Å². The third-order valence-electron chi connectivity index (χ3n) is 6.04. The van der Waals surface area contributed by atoms with E-state index in [1.807, 2.05) is 0 Å². The fourth-order valence-corrected chi connectivity index (χ4v) is 4.77. The smallest absolute Gasteiger partial charge is 0.00201 e. The van der Waals surface area contributed by atoms with Crippen molar-refractivity contribution >= 4 is 32.3 Å². The molecule has 0 bridgehead atoms. The topological polar surface area (TPSA) is 0 Å². The molecule has 0 N–H and O–H groups in total. The molecule has 6 aromatic rings. The van der Waals surface area contributed by atoms with Gasteiger partial charge in [-0.15, -0.1) is 0 Å². The fourth-order valence-electron chi connectivity index (χ4n) is 4.77. The Kier molecular flexibility index (Phi) is 3.89. The molecule has 0 saturated carbocycles. The minimum absolute atomic E-state index is 1.25. The van der Waals surface area contributed by atoms with Crippen molar-refractivity contribution in [3.05, 3.63) is 121 Å². The Balaban J connectivity index is 1.93. The van der Waals surface area contributed by atoms with Gasteiger partial charge in [0.05, 0.1) is 0 Å². The lowest BCUT2D eigenvalue weighted by Gasteiger charge is -2.19. The lowest BCUT2D eigenvalue weighted by atomic mass is 9.83. The molecule has 0 fully saturated rings. The molecule has 0 radical (unpaired) electrons. The van der Waals surface area contributed by atoms with Crippen LogP contribution in [-0.2, 0) is 0 Å². The minimum atomic E-state index is 1.25. The highest BCUT2D eigenvalue weighted by Gasteiger charge is 2.18. The Morgan fingerprint density at radius 2 is 0.800 bits per heavy atom. The molecule has 0 amide bonds. The van der Waals surface area contributed by atoms with Crippen molar-refractivity contribution < 1.29 is 0 Å². The first-order valence-corrected chi connectivity index (χ1v) is 10.4. The maximum atomic E-state index is 2.30. The van der Waals surface area contributed by atoms with Gasteiger partial charge in [-0.05, 0) is 54.6 Å². The SMILES string of the molecule is c1ccc(-c2c(-c3ccccc3)c3ccc4ccccc4c3c3ccccc23)cc1. The highest BCUT2D eigenvalue weighted by molar-refractivity contribution is 6.28. The third-order valence-corrected chi connectivity index (χ3v) is 6.04. The van der Waals surface area contributed by atoms with E-state index in [2.05, 4.69) is 121 Å². The van der Waals surface area contributed by atoms with E-state index >= 15 is 0 Å². The second-order valence-corrected chi connectivity index (χ2v) is 7.74. The number of fused-ring (bicyclic) bond motifs is 5. The first-order chi connectivity index (χ1) is 14.9. The normalized spacial score (nSPS) is 11.3. The molecule has 140 valence electrons. The summed E-state index contributed by atoms with van der Waals surface area (Å²) in [6, 6.07) is 43.7. The Hall–Kier alpha value is -3.90. The van der Waals surface area contributed by atoms with E-state index in [-0.39, 0.29) is 0 Å². The Bertz CT molecular complexity index is 1510. The summed E-state index contributed by atoms with van der Waals surface area (Å²) < 4.78 is 0. The van der Waals surface area contributed by atoms with E-state index in [0.29, 0.717) is 0 Å². The zero-order valence-corrected chi connectivity index (χ0v) is 16.5. The summed E-state index contributed by atoms with van der Waals surface area (Å²) in [4.78, 5) is 0. The van der Waals surface area contributed by atoms with Gasteiger partial charge in [0.1, 0.15) is 0 Å². The largest absolute Gasteiger partial charge is 0.0622 e. The molecule has 6 aromatic carbocycles. The number of rotatable bonds is 2. The number of benzene rings is 6. The average molecular weight is 380 g/mol. The van der Waals surface area contributed by atoms with Crippen LogP contribution in [0.15, 0.2) is 121 Å². The highest BCUT2D eigenvalue weighted by Crippen LogP contribution is 2.46. The lowest BCUT2D eigenvalue weighted by molar-refractivity contribution is 1.63. The Morgan fingerprint density at radius 3 is 1.47 bits per heavy atom. The van der Waals surface area contributed by atoms with Crippen LogP contribution in [0.4, 0.5) is 0 Å². The molecule has 0 spiro atoms. The van der Waals surface area contributed by atoms with Crippen LogP contribution in [0.5, 0.6) is 0 Å². The van der Waals surface area contributed by atoms with Crippen LogP contribution >= 0.6 is 0 Å². The van der Waals surface area contributed by atoms with Gasteiger partial charge < -0.3 is 0 Å². The summed E-state index contributed by atoms with van der Waals surface area (Å²) in [5.74, 6) is 0. The molecule has 0 heteroatoms. The van der Waals surface area contributed by atoms with Crippen molar-refractivity contribution in [2.75, 3.05) is 0 Å². The zero-order chi connectivity index (χ0) is 19.9. The van der Waals surface area contributed by atoms with Crippen molar-refractivity contribution in [1.29, 1.82) is 0 Å². The summed E-state index contributed by atoms with van der Waals surface area (Å²) in [5, 5.41) is 7.83. The molecule has 6 rings (SSSR count). The van der Waals surface area contributed by atoms with E-state index in [1.165, 1.54) is 54.6 Å². The zero-order valence-electron chi connectivity index (χ0n) is 16.5. The second-order valence-electron chi connectivity index (χ2n) is 7.74. The van der Waals surface area contributed by atoms with Gasteiger partial charge >= 0.3 is 0 Å². The minimum Gasteiger partial charge on any atom is -0.0622 e. The van der Waals surface area contributed by atoms with E-state index in [1.54, 1.807) is 0 Å². The van der Waals surface area contributed by atoms with Gasteiger partial charge in [0.2, 0.25) is 0 Å². The van der Waals surface area contributed by atoms with E-state index in [0.717, 1.165) is 0 Å². The molecular weight excluding hydrogens is 360 g/mol. The van der Waals surface area contributed by atoms with E-state index in [9.17, 15) is 0 Å².